The molecule has 0 unspecified atom stereocenters. The van der Waals surface area contributed by atoms with Crippen molar-refractivity contribution in [1.29, 1.82) is 0 Å². The number of unbranched alkanes of at least 4 members (excludes halogenated alkanes) is 9. The summed E-state index contributed by atoms with van der Waals surface area (Å²) in [5, 5.41) is 1.64. The quantitative estimate of drug-likeness (QED) is 0.307. The van der Waals surface area contributed by atoms with Gasteiger partial charge in [-0.05, 0) is 12.8 Å². The molecule has 0 aliphatic carbocycles. The van der Waals surface area contributed by atoms with E-state index in [-0.39, 0.29) is 31.0 Å². The van der Waals surface area contributed by atoms with Crippen LogP contribution >= 0.6 is 24.4 Å². The summed E-state index contributed by atoms with van der Waals surface area (Å²) in [4.78, 5) is 0.953. The smallest absolute Gasteiger partial charge is 1.00 e. The van der Waals surface area contributed by atoms with E-state index in [9.17, 15) is 0 Å². The molecular weight excluding hydrogens is 255 g/mol. The summed E-state index contributed by atoms with van der Waals surface area (Å²) in [5.74, 6) is 0. The molecule has 0 aromatic rings. The van der Waals surface area contributed by atoms with E-state index < -0.39 is 0 Å². The van der Waals surface area contributed by atoms with Gasteiger partial charge in [0.2, 0.25) is 0 Å². The van der Waals surface area contributed by atoms with Gasteiger partial charge in [-0.3, -0.25) is 0 Å². The van der Waals surface area contributed by atoms with Crippen molar-refractivity contribution in [2.45, 2.75) is 77.6 Å². The molecule has 0 spiro atoms. The third-order valence-electron chi connectivity index (χ3n) is 2.91. The van der Waals surface area contributed by atoms with Crippen LogP contribution in [0.1, 0.15) is 79.0 Å². The van der Waals surface area contributed by atoms with E-state index in [1.807, 2.05) is 0 Å². The monoisotopic (exact) mass is 282 g/mol. The molecule has 0 N–H and O–H groups in total. The molecule has 0 saturated heterocycles. The van der Waals surface area contributed by atoms with Crippen molar-refractivity contribution in [2.24, 2.45) is 0 Å². The maximum absolute atomic E-state index is 5.06. The Kier molecular flexibility index (Phi) is 20.7. The minimum absolute atomic E-state index is 0. The van der Waals surface area contributed by atoms with Crippen LogP contribution in [0, 0.1) is 0 Å². The van der Waals surface area contributed by atoms with Crippen LogP contribution in [-0.2, 0) is 0 Å². The second-order valence-corrected chi connectivity index (χ2v) is 5.28. The second-order valence-electron chi connectivity index (χ2n) is 4.52. The van der Waals surface area contributed by atoms with Crippen molar-refractivity contribution in [3.8, 4) is 0 Å². The summed E-state index contributed by atoms with van der Waals surface area (Å²) < 4.78 is 0. The van der Waals surface area contributed by atoms with Gasteiger partial charge < -0.3 is 1.43 Å². The first-order valence-corrected chi connectivity index (χ1v) is 7.67. The van der Waals surface area contributed by atoms with Crippen molar-refractivity contribution in [3.05, 3.63) is 0 Å². The number of rotatable bonds is 12. The van der Waals surface area contributed by atoms with E-state index in [1.54, 1.807) is 5.37 Å². The first-order valence-electron chi connectivity index (χ1n) is 6.79. The van der Waals surface area contributed by atoms with Crippen LogP contribution in [0.2, 0.25) is 0 Å². The minimum Gasteiger partial charge on any atom is -1.00 e. The molecular formula is C14H27NaS2. The Morgan fingerprint density at radius 3 is 1.71 bits per heavy atom. The van der Waals surface area contributed by atoms with Crippen LogP contribution in [0.15, 0.2) is 0 Å². The number of hydrogen-bond donors (Lipinski definition) is 0. The summed E-state index contributed by atoms with van der Waals surface area (Å²) >= 11 is 9.83. The average molecular weight is 282 g/mol. The van der Waals surface area contributed by atoms with Crippen molar-refractivity contribution in [1.82, 2.24) is 0 Å². The Morgan fingerprint density at radius 1 is 0.882 bits per heavy atom. The molecule has 0 atom stereocenters. The van der Waals surface area contributed by atoms with Gasteiger partial charge in [0.15, 0.2) is 0 Å². The third kappa shape index (κ3) is 17.2. The third-order valence-corrected chi connectivity index (χ3v) is 3.66. The topological polar surface area (TPSA) is 0 Å². The van der Waals surface area contributed by atoms with E-state index in [0.717, 1.165) is 11.3 Å². The van der Waals surface area contributed by atoms with E-state index >= 15 is 0 Å². The van der Waals surface area contributed by atoms with E-state index in [2.05, 4.69) is 6.92 Å². The molecule has 17 heavy (non-hydrogen) atoms. The Balaban J connectivity index is -0.00000112. The van der Waals surface area contributed by atoms with E-state index in [4.69, 9.17) is 24.4 Å². The molecule has 0 aliphatic rings. The van der Waals surface area contributed by atoms with Crippen LogP contribution in [0.5, 0.6) is 0 Å². The Bertz CT molecular complexity index is 187. The molecule has 96 valence electrons. The molecule has 0 aromatic carbocycles. The van der Waals surface area contributed by atoms with Gasteiger partial charge in [0, 0.05) is 10.2 Å². The maximum atomic E-state index is 5.06. The number of thiocarbonyl (C=S) groups is 2. The predicted octanol–water partition coefficient (Wildman–Crippen LogP) is 2.78. The molecule has 0 fully saturated rings. The Morgan fingerprint density at radius 2 is 1.29 bits per heavy atom. The molecule has 0 saturated carbocycles. The molecule has 0 amide bonds. The molecule has 0 aliphatic heterocycles. The summed E-state index contributed by atoms with van der Waals surface area (Å²) in [7, 11) is 0. The van der Waals surface area contributed by atoms with Crippen LogP contribution in [-0.4, -0.2) is 10.2 Å². The molecule has 0 radical (unpaired) electrons. The fraction of sp³-hybridized carbons (Fsp3) is 0.857. The zero-order valence-corrected chi connectivity index (χ0v) is 15.3. The Hall–Kier alpha value is 1.18. The van der Waals surface area contributed by atoms with E-state index in [1.165, 1.54) is 64.2 Å². The van der Waals surface area contributed by atoms with Gasteiger partial charge in [0.25, 0.3) is 0 Å². The first kappa shape index (κ1) is 20.5. The van der Waals surface area contributed by atoms with Gasteiger partial charge in [0.1, 0.15) is 0 Å². The zero-order chi connectivity index (χ0) is 12.1. The molecule has 3 heteroatoms. The van der Waals surface area contributed by atoms with E-state index in [0.29, 0.717) is 0 Å². The molecule has 0 heterocycles. The summed E-state index contributed by atoms with van der Waals surface area (Å²) in [6.07, 6.45) is 14.8. The summed E-state index contributed by atoms with van der Waals surface area (Å²) in [5.41, 5.74) is 0. The maximum Gasteiger partial charge on any atom is 1.00 e. The van der Waals surface area contributed by atoms with Crippen LogP contribution in [0.4, 0.5) is 0 Å². The van der Waals surface area contributed by atoms with Crippen molar-refractivity contribution in [2.75, 3.05) is 0 Å². The van der Waals surface area contributed by atoms with Crippen LogP contribution < -0.4 is 29.6 Å². The standard InChI is InChI=1S/C14H26S2.Na.H/c1-2-3-4-5-6-7-8-9-10-11-12-14(16)13-15;;/h13H,2-12H2,1H3;;/q;+1;-1. The number of hydrogen-bond acceptors (Lipinski definition) is 2. The molecule has 0 bridgehead atoms. The summed E-state index contributed by atoms with van der Waals surface area (Å²) in [6, 6.07) is 0. The summed E-state index contributed by atoms with van der Waals surface area (Å²) in [6.45, 7) is 2.27. The van der Waals surface area contributed by atoms with Gasteiger partial charge in [-0.2, -0.15) is 0 Å². The van der Waals surface area contributed by atoms with Crippen molar-refractivity contribution in [3.63, 3.8) is 0 Å². The largest absolute Gasteiger partial charge is 1.00 e. The van der Waals surface area contributed by atoms with Crippen molar-refractivity contribution >= 4 is 34.7 Å². The zero-order valence-electron chi connectivity index (χ0n) is 12.7. The average Bonchev–Trinajstić information content (AvgIpc) is 2.31. The predicted molar refractivity (Wildman–Crippen MR) is 83.8 cm³/mol. The Labute approximate surface area is 142 Å². The van der Waals surface area contributed by atoms with Gasteiger partial charge in [-0.15, -0.1) is 0 Å². The second kappa shape index (κ2) is 17.2. The fourth-order valence-electron chi connectivity index (χ4n) is 1.85. The minimum atomic E-state index is 0. The van der Waals surface area contributed by atoms with Crippen LogP contribution in [0.3, 0.4) is 0 Å². The molecule has 0 aromatic heterocycles. The molecule has 0 nitrogen and oxygen atoms in total. The molecule has 0 rings (SSSR count). The fourth-order valence-corrected chi connectivity index (χ4v) is 2.11. The van der Waals surface area contributed by atoms with Crippen molar-refractivity contribution < 1.29 is 31.0 Å². The van der Waals surface area contributed by atoms with Gasteiger partial charge >= 0.3 is 29.6 Å². The first-order chi connectivity index (χ1) is 7.81. The van der Waals surface area contributed by atoms with Gasteiger partial charge in [-0.1, -0.05) is 89.1 Å². The SMILES string of the molecule is CCCCCCCCCCCCC(=S)C=S.[H-].[Na+]. The van der Waals surface area contributed by atoms with Gasteiger partial charge in [0.05, 0.1) is 0 Å². The van der Waals surface area contributed by atoms with Crippen LogP contribution in [0.25, 0.3) is 0 Å². The normalized spacial score (nSPS) is 9.71. The van der Waals surface area contributed by atoms with Gasteiger partial charge in [-0.25, -0.2) is 0 Å².